The van der Waals surface area contributed by atoms with Crippen molar-refractivity contribution in [3.8, 4) is 5.75 Å². The zero-order chi connectivity index (χ0) is 30.9. The van der Waals surface area contributed by atoms with Crippen LogP contribution in [0.4, 0.5) is 5.69 Å². The van der Waals surface area contributed by atoms with Crippen LogP contribution in [0.2, 0.25) is 0 Å². The van der Waals surface area contributed by atoms with Crippen molar-refractivity contribution in [2.24, 2.45) is 11.7 Å². The third-order valence-electron chi connectivity index (χ3n) is 10.8. The molecule has 3 N–H and O–H groups in total. The van der Waals surface area contributed by atoms with Gasteiger partial charge in [0.1, 0.15) is 24.6 Å². The second kappa shape index (κ2) is 13.2. The minimum Gasteiger partial charge on any atom is -0.455 e. The first-order valence-electron chi connectivity index (χ1n) is 17.9. The molecule has 4 heterocycles. The molecule has 0 saturated heterocycles. The highest BCUT2D eigenvalue weighted by molar-refractivity contribution is 6.04. The number of unbranched alkanes of at least 4 members (excludes halogenated alkanes) is 3. The van der Waals surface area contributed by atoms with E-state index in [1.807, 2.05) is 6.07 Å². The number of nitrogens with one attached hydrogen (secondary N) is 1. The molecular weight excluding hydrogens is 556 g/mol. The number of nitrogens with two attached hydrogens (primary N) is 1. The number of benzene rings is 2. The van der Waals surface area contributed by atoms with Crippen LogP contribution in [0.25, 0.3) is 5.57 Å². The van der Waals surface area contributed by atoms with Gasteiger partial charge in [0.2, 0.25) is 0 Å². The van der Waals surface area contributed by atoms with Crippen molar-refractivity contribution in [3.05, 3.63) is 75.1 Å². The van der Waals surface area contributed by atoms with Crippen LogP contribution in [-0.2, 0) is 12.8 Å². The third kappa shape index (κ3) is 5.54. The molecule has 0 bridgehead atoms. The molecule has 0 fully saturated rings. The number of hydrogen-bond donors (Lipinski definition) is 2. The topological polar surface area (TPSA) is 70.6 Å². The molecule has 5 aliphatic rings. The smallest absolute Gasteiger partial charge is 0.251 e. The van der Waals surface area contributed by atoms with Crippen molar-refractivity contribution in [2.45, 2.75) is 90.9 Å². The van der Waals surface area contributed by atoms with Crippen LogP contribution >= 0.6 is 0 Å². The van der Waals surface area contributed by atoms with Crippen LogP contribution in [0.5, 0.6) is 5.75 Å². The van der Waals surface area contributed by atoms with Crippen LogP contribution in [0.3, 0.4) is 0 Å². The molecule has 6 heteroatoms. The average Bonchev–Trinajstić information content (AvgIpc) is 3.08. The monoisotopic (exact) mass is 607 g/mol. The van der Waals surface area contributed by atoms with E-state index in [2.05, 4.69) is 52.9 Å². The number of fused-ring (bicyclic) bond motifs is 4. The van der Waals surface area contributed by atoms with Gasteiger partial charge in [0.05, 0.1) is 5.57 Å². The van der Waals surface area contributed by atoms with Gasteiger partial charge in [-0.3, -0.25) is 4.79 Å². The summed E-state index contributed by atoms with van der Waals surface area (Å²) in [7, 11) is 0. The number of carbonyl (C=O) groups excluding carboxylic acids is 1. The maximum absolute atomic E-state index is 13.4. The highest BCUT2D eigenvalue weighted by atomic mass is 16.5. The van der Waals surface area contributed by atoms with E-state index in [4.69, 9.17) is 10.5 Å². The first-order valence-corrected chi connectivity index (χ1v) is 17.9. The molecule has 2 aromatic carbocycles. The van der Waals surface area contributed by atoms with Crippen molar-refractivity contribution in [1.82, 2.24) is 5.32 Å². The molecule has 2 aromatic rings. The fraction of sp³-hybridized carbons (Fsp3) is 0.538. The number of anilines is 1. The standard InChI is InChI=1S/C39H50N4O2/c1-3-30-35-27(15-10-20-42(35)4-2)24-32-34(26-13-9-14-29(23-26)39(44)41-19-8-6-5-7-18-40)33-25-28-16-11-21-43-22-12-17-31(36(28)43)38(33)45-37(30)32/h9,13-14,23,25,27H,3-8,10-12,15-22,24,40H2,1-2H3/p+1. The Kier molecular flexibility index (Phi) is 8.85. The molecule has 0 saturated carbocycles. The number of carbonyl (C=O) groups is 1. The lowest BCUT2D eigenvalue weighted by atomic mass is 9.73. The van der Waals surface area contributed by atoms with E-state index in [0.717, 1.165) is 107 Å². The molecule has 4 aliphatic heterocycles. The van der Waals surface area contributed by atoms with Gasteiger partial charge in [0, 0.05) is 59.9 Å². The van der Waals surface area contributed by atoms with Crippen LogP contribution < -0.4 is 20.7 Å². The van der Waals surface area contributed by atoms with E-state index < -0.39 is 0 Å². The minimum atomic E-state index is 0.0138. The number of ether oxygens (including phenoxy) is 1. The first kappa shape index (κ1) is 30.3. The summed E-state index contributed by atoms with van der Waals surface area (Å²) in [5.41, 5.74) is 18.6. The fourth-order valence-electron chi connectivity index (χ4n) is 8.80. The van der Waals surface area contributed by atoms with E-state index in [9.17, 15) is 4.79 Å². The Hall–Kier alpha value is -3.38. The molecular formula is C39H51N4O2+. The van der Waals surface area contributed by atoms with Crippen LogP contribution in [0.15, 0.2) is 47.2 Å². The summed E-state index contributed by atoms with van der Waals surface area (Å²) in [6, 6.07) is 10.9. The Morgan fingerprint density at radius 3 is 2.73 bits per heavy atom. The molecule has 7 rings (SSSR count). The van der Waals surface area contributed by atoms with Gasteiger partial charge < -0.3 is 20.7 Å². The number of nitrogens with zero attached hydrogens (tertiary/aromatic N) is 2. The lowest BCUT2D eigenvalue weighted by Gasteiger charge is -2.41. The Bertz CT molecular complexity index is 1580. The van der Waals surface area contributed by atoms with Crippen LogP contribution in [-0.4, -0.2) is 55.5 Å². The van der Waals surface area contributed by atoms with Crippen molar-refractivity contribution in [2.75, 3.05) is 44.2 Å². The molecule has 238 valence electrons. The molecule has 0 spiro atoms. The summed E-state index contributed by atoms with van der Waals surface area (Å²) < 4.78 is 9.85. The molecule has 6 nitrogen and oxygen atoms in total. The van der Waals surface area contributed by atoms with E-state index in [1.165, 1.54) is 70.5 Å². The van der Waals surface area contributed by atoms with Crippen molar-refractivity contribution < 1.29 is 14.1 Å². The lowest BCUT2D eigenvalue weighted by molar-refractivity contribution is -0.531. The molecule has 1 unspecified atom stereocenters. The van der Waals surface area contributed by atoms with Crippen molar-refractivity contribution in [3.63, 3.8) is 0 Å². The van der Waals surface area contributed by atoms with E-state index in [-0.39, 0.29) is 5.91 Å². The second-order valence-corrected chi connectivity index (χ2v) is 13.6. The number of amides is 1. The second-order valence-electron chi connectivity index (χ2n) is 13.6. The third-order valence-corrected chi connectivity index (χ3v) is 10.8. The number of allylic oxidation sites excluding steroid dienone is 2. The van der Waals surface area contributed by atoms with Gasteiger partial charge >= 0.3 is 0 Å². The van der Waals surface area contributed by atoms with Crippen LogP contribution in [0.1, 0.15) is 111 Å². The summed E-state index contributed by atoms with van der Waals surface area (Å²) in [5, 5.41) is 3.18. The van der Waals surface area contributed by atoms with Gasteiger partial charge in [-0.05, 0) is 106 Å². The van der Waals surface area contributed by atoms with Gasteiger partial charge in [-0.1, -0.05) is 31.9 Å². The lowest BCUT2D eigenvalue weighted by Crippen LogP contribution is -2.40. The fourth-order valence-corrected chi connectivity index (χ4v) is 8.80. The molecule has 1 aliphatic carbocycles. The minimum absolute atomic E-state index is 0.0138. The summed E-state index contributed by atoms with van der Waals surface area (Å²) in [4.78, 5) is 16.0. The summed E-state index contributed by atoms with van der Waals surface area (Å²) in [5.74, 6) is 2.71. The largest absolute Gasteiger partial charge is 0.455 e. The molecule has 1 atom stereocenters. The maximum atomic E-state index is 13.4. The Labute approximate surface area is 269 Å². The predicted molar refractivity (Wildman–Crippen MR) is 184 cm³/mol. The highest BCUT2D eigenvalue weighted by Gasteiger charge is 2.43. The summed E-state index contributed by atoms with van der Waals surface area (Å²) in [6.07, 6.45) is 13.2. The van der Waals surface area contributed by atoms with Gasteiger partial charge in [-0.15, -0.1) is 0 Å². The quantitative estimate of drug-likeness (QED) is 0.231. The predicted octanol–water partition coefficient (Wildman–Crippen LogP) is 6.78. The number of hydrogen-bond acceptors (Lipinski definition) is 4. The number of aryl methyl sites for hydroxylation is 1. The zero-order valence-electron chi connectivity index (χ0n) is 27.5. The SMILES string of the molecule is CCC1=C2Oc3c(cc4c5c3CCCN5CCC4)C(c3cccc(C(=O)NCCCCCCN)c3)=C2CC2CCC[N+](CC)=C12. The Morgan fingerprint density at radius 2 is 1.91 bits per heavy atom. The van der Waals surface area contributed by atoms with Crippen molar-refractivity contribution in [1.29, 1.82) is 0 Å². The summed E-state index contributed by atoms with van der Waals surface area (Å²) in [6.45, 7) is 10.5. The maximum Gasteiger partial charge on any atom is 0.251 e. The van der Waals surface area contributed by atoms with E-state index in [0.29, 0.717) is 12.5 Å². The van der Waals surface area contributed by atoms with Gasteiger partial charge in [-0.2, -0.15) is 0 Å². The van der Waals surface area contributed by atoms with Gasteiger partial charge in [0.25, 0.3) is 5.91 Å². The molecule has 1 amide bonds. The molecule has 0 radical (unpaired) electrons. The first-order chi connectivity index (χ1) is 22.1. The highest BCUT2D eigenvalue weighted by Crippen LogP contribution is 2.53. The van der Waals surface area contributed by atoms with E-state index >= 15 is 0 Å². The summed E-state index contributed by atoms with van der Waals surface area (Å²) >= 11 is 0. The zero-order valence-corrected chi connectivity index (χ0v) is 27.5. The Morgan fingerprint density at radius 1 is 1.07 bits per heavy atom. The number of rotatable bonds is 10. The normalized spacial score (nSPS) is 20.3. The van der Waals surface area contributed by atoms with Gasteiger partial charge in [-0.25, -0.2) is 4.58 Å². The van der Waals surface area contributed by atoms with E-state index in [1.54, 1.807) is 0 Å². The molecule has 45 heavy (non-hydrogen) atoms. The average molecular weight is 608 g/mol. The van der Waals surface area contributed by atoms with Gasteiger partial charge in [0.15, 0.2) is 5.71 Å². The Balaban J connectivity index is 1.36. The molecule has 0 aromatic heterocycles. The van der Waals surface area contributed by atoms with Crippen molar-refractivity contribution >= 4 is 22.9 Å². The van der Waals surface area contributed by atoms with Crippen LogP contribution in [0, 0.1) is 5.92 Å².